The molecule has 4 aliphatic rings. The molecule has 0 spiro atoms. The van der Waals surface area contributed by atoms with Crippen LogP contribution in [0.5, 0.6) is 0 Å². The van der Waals surface area contributed by atoms with Crippen LogP contribution in [0.3, 0.4) is 0 Å². The average molecular weight is 410 g/mol. The predicted octanol–water partition coefficient (Wildman–Crippen LogP) is 1.68. The van der Waals surface area contributed by atoms with Gasteiger partial charge in [0.05, 0.1) is 0 Å². The Kier molecular flexibility index (Phi) is 4.34. The molecule has 0 atom stereocenters. The number of benzene rings is 1. The van der Waals surface area contributed by atoms with Crippen LogP contribution in [0.2, 0.25) is 0 Å². The molecule has 0 heterocycles. The number of rotatable bonds is 8. The number of anilines is 2. The first-order valence-corrected chi connectivity index (χ1v) is 10.8. The monoisotopic (exact) mass is 410 g/mol. The molecule has 8 nitrogen and oxygen atoms in total. The van der Waals surface area contributed by atoms with Crippen molar-refractivity contribution >= 4 is 35.0 Å². The Balaban J connectivity index is 1.21. The lowest BCUT2D eigenvalue weighted by Gasteiger charge is -2.17. The van der Waals surface area contributed by atoms with Crippen LogP contribution in [-0.2, 0) is 19.2 Å². The standard InChI is InChI=1S/C22H26N4O4/c27-17(23-13-4-5-13)21(8-9-21)19(29)25-15-2-1-3-16(12-15)26-20(30)22(10-11-22)18(28)24-14-6-7-14/h1-3,12-14H,4-11H2,(H,23,27)(H,24,28)(H,25,29)(H,26,30). The van der Waals surface area contributed by atoms with Gasteiger partial charge in [-0.3, -0.25) is 19.2 Å². The topological polar surface area (TPSA) is 116 Å². The second kappa shape index (κ2) is 6.82. The summed E-state index contributed by atoms with van der Waals surface area (Å²) in [6.07, 6.45) is 6.10. The highest BCUT2D eigenvalue weighted by Gasteiger charge is 2.58. The first-order valence-electron chi connectivity index (χ1n) is 10.8. The Labute approximate surface area is 174 Å². The average Bonchev–Trinajstić information content (AvgIpc) is 3.51. The van der Waals surface area contributed by atoms with E-state index in [1.807, 2.05) is 0 Å². The van der Waals surface area contributed by atoms with Crippen LogP contribution < -0.4 is 21.3 Å². The van der Waals surface area contributed by atoms with Crippen molar-refractivity contribution in [1.29, 1.82) is 0 Å². The van der Waals surface area contributed by atoms with Gasteiger partial charge in [-0.05, 0) is 69.6 Å². The molecule has 0 saturated heterocycles. The minimum atomic E-state index is -0.971. The predicted molar refractivity (Wildman–Crippen MR) is 109 cm³/mol. The smallest absolute Gasteiger partial charge is 0.240 e. The molecule has 4 aliphatic carbocycles. The summed E-state index contributed by atoms with van der Waals surface area (Å²) in [6.45, 7) is 0. The van der Waals surface area contributed by atoms with Gasteiger partial charge in [-0.15, -0.1) is 0 Å². The van der Waals surface area contributed by atoms with E-state index in [0.717, 1.165) is 25.7 Å². The van der Waals surface area contributed by atoms with Crippen LogP contribution in [0.25, 0.3) is 0 Å². The highest BCUT2D eigenvalue weighted by molar-refractivity contribution is 6.14. The number of hydrogen-bond acceptors (Lipinski definition) is 4. The molecule has 4 fully saturated rings. The minimum absolute atomic E-state index is 0.190. The SMILES string of the molecule is O=C(Nc1cccc(NC(=O)C2(C(=O)NC3CC3)CC2)c1)C1(C(=O)NC2CC2)CC1. The zero-order valence-corrected chi connectivity index (χ0v) is 16.8. The molecule has 8 heteroatoms. The van der Waals surface area contributed by atoms with E-state index in [1.165, 1.54) is 0 Å². The molecule has 5 rings (SSSR count). The van der Waals surface area contributed by atoms with E-state index in [2.05, 4.69) is 21.3 Å². The van der Waals surface area contributed by atoms with Gasteiger partial charge in [-0.25, -0.2) is 0 Å². The third-order valence-electron chi connectivity index (χ3n) is 6.44. The van der Waals surface area contributed by atoms with Crippen LogP contribution in [0.15, 0.2) is 24.3 Å². The summed E-state index contributed by atoms with van der Waals surface area (Å²) in [4.78, 5) is 50.3. The van der Waals surface area contributed by atoms with Gasteiger partial charge >= 0.3 is 0 Å². The highest BCUT2D eigenvalue weighted by Crippen LogP contribution is 2.48. The summed E-state index contributed by atoms with van der Waals surface area (Å²) in [6, 6.07) is 7.24. The maximum atomic E-state index is 12.7. The Hall–Kier alpha value is -2.90. The van der Waals surface area contributed by atoms with Crippen LogP contribution in [0.1, 0.15) is 51.4 Å². The summed E-state index contributed by atoms with van der Waals surface area (Å²) in [5.41, 5.74) is -0.923. The lowest BCUT2D eigenvalue weighted by molar-refractivity contribution is -0.136. The van der Waals surface area contributed by atoms with E-state index < -0.39 is 10.8 Å². The molecule has 0 unspecified atom stereocenters. The van der Waals surface area contributed by atoms with Gasteiger partial charge < -0.3 is 21.3 Å². The molecule has 158 valence electrons. The van der Waals surface area contributed by atoms with Crippen molar-refractivity contribution < 1.29 is 19.2 Å². The van der Waals surface area contributed by atoms with Crippen LogP contribution >= 0.6 is 0 Å². The molecule has 0 radical (unpaired) electrons. The molecular weight excluding hydrogens is 384 g/mol. The van der Waals surface area contributed by atoms with Gasteiger partial charge in [0.2, 0.25) is 23.6 Å². The lowest BCUT2D eigenvalue weighted by atomic mass is 10.0. The Morgan fingerprint density at radius 2 is 1.07 bits per heavy atom. The Morgan fingerprint density at radius 1 is 0.667 bits per heavy atom. The highest BCUT2D eigenvalue weighted by atomic mass is 16.2. The quantitative estimate of drug-likeness (QED) is 0.488. The van der Waals surface area contributed by atoms with Crippen molar-refractivity contribution in [3.8, 4) is 0 Å². The van der Waals surface area contributed by atoms with E-state index in [1.54, 1.807) is 24.3 Å². The molecule has 0 aliphatic heterocycles. The van der Waals surface area contributed by atoms with E-state index in [0.29, 0.717) is 37.1 Å². The zero-order chi connectivity index (χ0) is 20.9. The molecular formula is C22H26N4O4. The number of carbonyl (C=O) groups excluding carboxylic acids is 4. The Bertz CT molecular complexity index is 856. The van der Waals surface area contributed by atoms with Crippen molar-refractivity contribution in [3.63, 3.8) is 0 Å². The van der Waals surface area contributed by atoms with Crippen molar-refractivity contribution in [3.05, 3.63) is 24.3 Å². The summed E-state index contributed by atoms with van der Waals surface area (Å²) in [7, 11) is 0. The van der Waals surface area contributed by atoms with Crippen LogP contribution in [-0.4, -0.2) is 35.7 Å². The summed E-state index contributed by atoms with van der Waals surface area (Å²) in [5, 5.41) is 11.5. The maximum absolute atomic E-state index is 12.7. The van der Waals surface area contributed by atoms with Crippen LogP contribution in [0, 0.1) is 10.8 Å². The molecule has 30 heavy (non-hydrogen) atoms. The van der Waals surface area contributed by atoms with E-state index in [9.17, 15) is 19.2 Å². The number of carbonyl (C=O) groups is 4. The van der Waals surface area contributed by atoms with Crippen molar-refractivity contribution in [2.45, 2.75) is 63.5 Å². The second-order valence-electron chi connectivity index (χ2n) is 9.15. The van der Waals surface area contributed by atoms with Gasteiger partial charge in [-0.1, -0.05) is 6.07 Å². The van der Waals surface area contributed by atoms with E-state index >= 15 is 0 Å². The summed E-state index contributed by atoms with van der Waals surface area (Å²) < 4.78 is 0. The van der Waals surface area contributed by atoms with E-state index in [-0.39, 0.29) is 35.7 Å². The second-order valence-corrected chi connectivity index (χ2v) is 9.15. The van der Waals surface area contributed by atoms with Gasteiger partial charge in [0.15, 0.2) is 0 Å². The first-order chi connectivity index (χ1) is 14.4. The summed E-state index contributed by atoms with van der Waals surface area (Å²) >= 11 is 0. The summed E-state index contributed by atoms with van der Waals surface area (Å²) in [5.74, 6) is -1.01. The third kappa shape index (κ3) is 3.66. The molecule has 1 aromatic rings. The fourth-order valence-electron chi connectivity index (χ4n) is 3.64. The molecule has 0 aromatic heterocycles. The zero-order valence-electron chi connectivity index (χ0n) is 16.8. The van der Waals surface area contributed by atoms with Gasteiger partial charge in [0.1, 0.15) is 10.8 Å². The minimum Gasteiger partial charge on any atom is -0.352 e. The fourth-order valence-corrected chi connectivity index (χ4v) is 3.64. The fraction of sp³-hybridized carbons (Fsp3) is 0.545. The van der Waals surface area contributed by atoms with Gasteiger partial charge in [0.25, 0.3) is 0 Å². The lowest BCUT2D eigenvalue weighted by Crippen LogP contribution is -2.41. The molecule has 4 amide bonds. The normalized spacial score (nSPS) is 22.4. The maximum Gasteiger partial charge on any atom is 0.240 e. The first kappa shape index (κ1) is 19.1. The number of hydrogen-bond donors (Lipinski definition) is 4. The third-order valence-corrected chi connectivity index (χ3v) is 6.44. The van der Waals surface area contributed by atoms with Crippen molar-refractivity contribution in [2.24, 2.45) is 10.8 Å². The van der Waals surface area contributed by atoms with Crippen molar-refractivity contribution in [1.82, 2.24) is 10.6 Å². The van der Waals surface area contributed by atoms with Gasteiger partial charge in [-0.2, -0.15) is 0 Å². The van der Waals surface area contributed by atoms with E-state index in [4.69, 9.17) is 0 Å². The molecule has 4 saturated carbocycles. The molecule has 0 bridgehead atoms. The number of nitrogens with one attached hydrogen (secondary N) is 4. The molecule has 1 aromatic carbocycles. The largest absolute Gasteiger partial charge is 0.352 e. The molecule has 4 N–H and O–H groups in total. The van der Waals surface area contributed by atoms with Crippen molar-refractivity contribution in [2.75, 3.05) is 10.6 Å². The van der Waals surface area contributed by atoms with Crippen LogP contribution in [0.4, 0.5) is 11.4 Å². The Morgan fingerprint density at radius 3 is 1.40 bits per heavy atom. The number of amides is 4. The van der Waals surface area contributed by atoms with Gasteiger partial charge in [0, 0.05) is 23.5 Å².